The summed E-state index contributed by atoms with van der Waals surface area (Å²) in [5, 5.41) is 6.87. The van der Waals surface area contributed by atoms with Crippen molar-refractivity contribution in [2.24, 2.45) is 0 Å². The van der Waals surface area contributed by atoms with Crippen LogP contribution in [0.5, 0.6) is 0 Å². The van der Waals surface area contributed by atoms with Crippen molar-refractivity contribution in [2.45, 2.75) is 43.1 Å². The van der Waals surface area contributed by atoms with Crippen LogP contribution in [0.3, 0.4) is 0 Å². The summed E-state index contributed by atoms with van der Waals surface area (Å²) < 4.78 is 33.0. The van der Waals surface area contributed by atoms with Crippen LogP contribution in [0.2, 0.25) is 0 Å². The summed E-state index contributed by atoms with van der Waals surface area (Å²) >= 11 is 0.618. The van der Waals surface area contributed by atoms with E-state index >= 15 is 0 Å². The van der Waals surface area contributed by atoms with Crippen molar-refractivity contribution in [1.82, 2.24) is 0 Å². The highest BCUT2D eigenvalue weighted by molar-refractivity contribution is 7.98. The van der Waals surface area contributed by atoms with Gasteiger partial charge in [0, 0.05) is 0 Å². The molecule has 3 N–H and O–H groups in total. The SMILES string of the molecule is CCOC(=O)CCC(=O)OCC(SO)C(COC(=O)CCC(=O)O)SO. The molecule has 150 valence electrons. The number of ether oxygens (including phenoxy) is 3. The van der Waals surface area contributed by atoms with Crippen LogP contribution in [0.25, 0.3) is 0 Å². The first-order chi connectivity index (χ1) is 12.3. The first-order valence-electron chi connectivity index (χ1n) is 7.63. The zero-order valence-corrected chi connectivity index (χ0v) is 15.8. The number of aliphatic carboxylic acids is 1. The van der Waals surface area contributed by atoms with Gasteiger partial charge in [0.2, 0.25) is 0 Å². The molecule has 0 aliphatic carbocycles. The Bertz CT molecular complexity index is 471. The fourth-order valence-electron chi connectivity index (χ4n) is 1.55. The molecule has 0 saturated carbocycles. The van der Waals surface area contributed by atoms with Crippen molar-refractivity contribution >= 4 is 48.0 Å². The first kappa shape index (κ1) is 24.5. The Hall–Kier alpha value is -1.50. The summed E-state index contributed by atoms with van der Waals surface area (Å²) in [4.78, 5) is 44.5. The second kappa shape index (κ2) is 14.6. The summed E-state index contributed by atoms with van der Waals surface area (Å²) in [6.45, 7) is 1.25. The van der Waals surface area contributed by atoms with Crippen LogP contribution in [-0.4, -0.2) is 68.4 Å². The number of hydrogen-bond donors (Lipinski definition) is 3. The minimum absolute atomic E-state index is 0.136. The normalized spacial score (nSPS) is 12.7. The van der Waals surface area contributed by atoms with Crippen LogP contribution in [0.1, 0.15) is 32.6 Å². The lowest BCUT2D eigenvalue weighted by Crippen LogP contribution is -2.31. The van der Waals surface area contributed by atoms with E-state index in [9.17, 15) is 28.3 Å². The molecular formula is C14H22O10S2. The van der Waals surface area contributed by atoms with Crippen molar-refractivity contribution in [2.75, 3.05) is 19.8 Å². The van der Waals surface area contributed by atoms with Crippen LogP contribution >= 0.6 is 24.1 Å². The maximum atomic E-state index is 11.6. The summed E-state index contributed by atoms with van der Waals surface area (Å²) in [7, 11) is 0. The predicted octanol–water partition coefficient (Wildman–Crippen LogP) is 1.43. The number of rotatable bonds is 14. The van der Waals surface area contributed by atoms with Crippen molar-refractivity contribution in [1.29, 1.82) is 0 Å². The Morgan fingerprint density at radius 2 is 1.15 bits per heavy atom. The Morgan fingerprint density at radius 1 is 0.769 bits per heavy atom. The van der Waals surface area contributed by atoms with Crippen molar-refractivity contribution in [3.8, 4) is 0 Å². The molecule has 12 heteroatoms. The fraction of sp³-hybridized carbons (Fsp3) is 0.714. The van der Waals surface area contributed by atoms with Gasteiger partial charge >= 0.3 is 23.9 Å². The van der Waals surface area contributed by atoms with E-state index in [0.717, 1.165) is 0 Å². The van der Waals surface area contributed by atoms with Gasteiger partial charge in [0.1, 0.15) is 13.2 Å². The second-order valence-corrected chi connectivity index (χ2v) is 6.49. The van der Waals surface area contributed by atoms with E-state index in [0.29, 0.717) is 24.1 Å². The number of carboxylic acid groups (broad SMARTS) is 1. The topological polar surface area (TPSA) is 157 Å². The molecule has 10 nitrogen and oxygen atoms in total. The highest BCUT2D eigenvalue weighted by atomic mass is 32.2. The van der Waals surface area contributed by atoms with Gasteiger partial charge in [0.25, 0.3) is 0 Å². The quantitative estimate of drug-likeness (QED) is 0.214. The number of carboxylic acids is 1. The van der Waals surface area contributed by atoms with Gasteiger partial charge in [-0.3, -0.25) is 19.2 Å². The minimum Gasteiger partial charge on any atom is -0.481 e. The smallest absolute Gasteiger partial charge is 0.306 e. The zero-order valence-electron chi connectivity index (χ0n) is 14.1. The molecule has 0 aromatic heterocycles. The third-order valence-corrected chi connectivity index (χ3v) is 4.53. The molecule has 0 amide bonds. The van der Waals surface area contributed by atoms with E-state index in [1.807, 2.05) is 0 Å². The molecule has 0 rings (SSSR count). The molecule has 0 aromatic rings. The van der Waals surface area contributed by atoms with Crippen LogP contribution in [0, 0.1) is 0 Å². The number of carbonyl (C=O) groups is 4. The van der Waals surface area contributed by atoms with E-state index in [-0.39, 0.29) is 45.5 Å². The molecule has 0 fully saturated rings. The average Bonchev–Trinajstić information content (AvgIpc) is 2.61. The number of carbonyl (C=O) groups excluding carboxylic acids is 3. The van der Waals surface area contributed by atoms with Gasteiger partial charge in [-0.2, -0.15) is 0 Å². The molecule has 26 heavy (non-hydrogen) atoms. The fourth-order valence-corrected chi connectivity index (χ4v) is 2.54. The molecule has 0 aromatic carbocycles. The molecule has 0 aliphatic rings. The predicted molar refractivity (Wildman–Crippen MR) is 92.7 cm³/mol. The highest BCUT2D eigenvalue weighted by Crippen LogP contribution is 2.22. The van der Waals surface area contributed by atoms with E-state index in [2.05, 4.69) is 4.74 Å². The van der Waals surface area contributed by atoms with Crippen LogP contribution in [-0.2, 0) is 33.4 Å². The standard InChI is InChI=1S/C14H22O10S2/c1-2-22-12(17)5-6-14(19)24-8-10(26-21)9(25-20)7-23-13(18)4-3-11(15)16/h9-10,20-21H,2-8H2,1H3,(H,15,16). The molecule has 0 radical (unpaired) electrons. The molecule has 0 bridgehead atoms. The van der Waals surface area contributed by atoms with E-state index < -0.39 is 34.4 Å². The third-order valence-electron chi connectivity index (χ3n) is 2.88. The summed E-state index contributed by atoms with van der Waals surface area (Å²) in [6, 6.07) is 0. The zero-order chi connectivity index (χ0) is 19.9. The minimum atomic E-state index is -1.14. The lowest BCUT2D eigenvalue weighted by atomic mass is 10.3. The Balaban J connectivity index is 4.27. The second-order valence-electron chi connectivity index (χ2n) is 4.85. The van der Waals surface area contributed by atoms with Gasteiger partial charge in [0.15, 0.2) is 0 Å². The molecule has 0 saturated heterocycles. The van der Waals surface area contributed by atoms with Gasteiger partial charge in [-0.15, -0.1) is 0 Å². The van der Waals surface area contributed by atoms with Crippen molar-refractivity contribution < 1.29 is 47.6 Å². The molecule has 0 spiro atoms. The monoisotopic (exact) mass is 414 g/mol. The van der Waals surface area contributed by atoms with Crippen molar-refractivity contribution in [3.63, 3.8) is 0 Å². The summed E-state index contributed by atoms with van der Waals surface area (Å²) in [6.07, 6.45) is -1.03. The largest absolute Gasteiger partial charge is 0.481 e. The lowest BCUT2D eigenvalue weighted by molar-refractivity contribution is -0.150. The lowest BCUT2D eigenvalue weighted by Gasteiger charge is -2.21. The molecule has 0 aliphatic heterocycles. The van der Waals surface area contributed by atoms with E-state index in [4.69, 9.17) is 14.6 Å². The van der Waals surface area contributed by atoms with E-state index in [1.165, 1.54) is 0 Å². The number of hydrogen-bond acceptors (Lipinski definition) is 11. The van der Waals surface area contributed by atoms with Gasteiger partial charge in [-0.05, 0) is 31.0 Å². The summed E-state index contributed by atoms with van der Waals surface area (Å²) in [5.74, 6) is -3.13. The molecule has 0 heterocycles. The maximum absolute atomic E-state index is 11.6. The maximum Gasteiger partial charge on any atom is 0.306 e. The molecule has 2 unspecified atom stereocenters. The van der Waals surface area contributed by atoms with Crippen LogP contribution < -0.4 is 0 Å². The van der Waals surface area contributed by atoms with Crippen LogP contribution in [0.15, 0.2) is 0 Å². The highest BCUT2D eigenvalue weighted by Gasteiger charge is 2.26. The summed E-state index contributed by atoms with van der Waals surface area (Å²) in [5.41, 5.74) is 0. The van der Waals surface area contributed by atoms with Gasteiger partial charge in [0.05, 0.1) is 42.8 Å². The van der Waals surface area contributed by atoms with Gasteiger partial charge in [-0.25, -0.2) is 0 Å². The Kier molecular flexibility index (Phi) is 13.8. The number of esters is 3. The van der Waals surface area contributed by atoms with Crippen LogP contribution in [0.4, 0.5) is 0 Å². The molecule has 2 atom stereocenters. The third kappa shape index (κ3) is 12.0. The van der Waals surface area contributed by atoms with Gasteiger partial charge < -0.3 is 28.4 Å². The Labute approximate surface area is 159 Å². The Morgan fingerprint density at radius 3 is 1.50 bits per heavy atom. The molecular weight excluding hydrogens is 392 g/mol. The van der Waals surface area contributed by atoms with Gasteiger partial charge in [-0.1, -0.05) is 0 Å². The first-order valence-corrected chi connectivity index (χ1v) is 9.30. The average molecular weight is 414 g/mol. The van der Waals surface area contributed by atoms with E-state index in [1.54, 1.807) is 6.92 Å². The van der Waals surface area contributed by atoms with Crippen molar-refractivity contribution in [3.05, 3.63) is 0 Å².